The van der Waals surface area contributed by atoms with Crippen LogP contribution >= 0.6 is 0 Å². The van der Waals surface area contributed by atoms with E-state index in [-0.39, 0.29) is 18.1 Å². The third-order valence-corrected chi connectivity index (χ3v) is 3.67. The molecule has 2 heterocycles. The first-order valence-electron chi connectivity index (χ1n) is 6.08. The molecule has 0 aromatic rings. The van der Waals surface area contributed by atoms with Crippen molar-refractivity contribution in [3.63, 3.8) is 0 Å². The van der Waals surface area contributed by atoms with E-state index in [2.05, 4.69) is 0 Å². The number of nitrogens with zero attached hydrogens (tertiary/aromatic N) is 3. The van der Waals surface area contributed by atoms with Crippen LogP contribution in [0.1, 0.15) is 12.8 Å². The molecule has 2 aliphatic rings. The molecule has 96 valence electrons. The van der Waals surface area contributed by atoms with Gasteiger partial charge in [0, 0.05) is 39.3 Å². The minimum absolute atomic E-state index is 0.0692. The highest BCUT2D eigenvalue weighted by molar-refractivity contribution is 5.75. The van der Waals surface area contributed by atoms with Crippen LogP contribution in [0.3, 0.4) is 0 Å². The zero-order valence-corrected chi connectivity index (χ0v) is 10.2. The van der Waals surface area contributed by atoms with Gasteiger partial charge in [0.1, 0.15) is 0 Å². The van der Waals surface area contributed by atoms with Gasteiger partial charge in [0.05, 0.1) is 6.04 Å². The van der Waals surface area contributed by atoms with Crippen LogP contribution in [0.5, 0.6) is 0 Å². The van der Waals surface area contributed by atoms with E-state index in [1.165, 1.54) is 0 Å². The molecule has 2 N–H and O–H groups in total. The Balaban J connectivity index is 1.88. The van der Waals surface area contributed by atoms with Crippen molar-refractivity contribution in [3.05, 3.63) is 0 Å². The smallest absolute Gasteiger partial charge is 0.320 e. The minimum atomic E-state index is 0.0692. The number of nitrogens with two attached hydrogens (primary N) is 1. The zero-order valence-electron chi connectivity index (χ0n) is 10.2. The van der Waals surface area contributed by atoms with E-state index in [1.807, 2.05) is 9.80 Å². The maximum Gasteiger partial charge on any atom is 0.320 e. The SMILES string of the molecule is CN(C=O)C1CCN(C(=O)N2CCC(N)C2)C1. The van der Waals surface area contributed by atoms with Crippen LogP contribution in [0.4, 0.5) is 4.79 Å². The van der Waals surface area contributed by atoms with E-state index in [1.54, 1.807) is 11.9 Å². The number of likely N-dealkylation sites (tertiary alicyclic amines) is 2. The number of likely N-dealkylation sites (N-methyl/N-ethyl adjacent to an activating group) is 1. The lowest BCUT2D eigenvalue weighted by Crippen LogP contribution is -2.43. The van der Waals surface area contributed by atoms with Gasteiger partial charge in [-0.3, -0.25) is 4.79 Å². The maximum absolute atomic E-state index is 12.1. The fourth-order valence-corrected chi connectivity index (χ4v) is 2.50. The Morgan fingerprint density at radius 2 is 1.94 bits per heavy atom. The van der Waals surface area contributed by atoms with Gasteiger partial charge in [-0.25, -0.2) is 4.79 Å². The first-order valence-corrected chi connectivity index (χ1v) is 6.08. The van der Waals surface area contributed by atoms with E-state index in [9.17, 15) is 9.59 Å². The van der Waals surface area contributed by atoms with Crippen LogP contribution in [0.25, 0.3) is 0 Å². The normalized spacial score (nSPS) is 28.6. The standard InChI is InChI=1S/C11H20N4O2/c1-13(8-16)10-3-5-15(7-10)11(17)14-4-2-9(12)6-14/h8-10H,2-7,12H2,1H3. The van der Waals surface area contributed by atoms with Gasteiger partial charge in [-0.2, -0.15) is 0 Å². The number of urea groups is 1. The number of hydrogen-bond acceptors (Lipinski definition) is 3. The van der Waals surface area contributed by atoms with Gasteiger partial charge in [-0.05, 0) is 12.8 Å². The highest BCUT2D eigenvalue weighted by atomic mass is 16.2. The fourth-order valence-electron chi connectivity index (χ4n) is 2.50. The molecule has 2 saturated heterocycles. The average molecular weight is 240 g/mol. The second kappa shape index (κ2) is 4.91. The molecule has 6 nitrogen and oxygen atoms in total. The van der Waals surface area contributed by atoms with E-state index in [0.29, 0.717) is 13.1 Å². The largest absolute Gasteiger partial charge is 0.343 e. The second-order valence-electron chi connectivity index (χ2n) is 4.94. The number of carbonyl (C=O) groups is 2. The average Bonchev–Trinajstić information content (AvgIpc) is 2.95. The van der Waals surface area contributed by atoms with Gasteiger partial charge in [-0.15, -0.1) is 0 Å². The third kappa shape index (κ3) is 2.52. The number of amides is 3. The van der Waals surface area contributed by atoms with Crippen molar-refractivity contribution in [2.75, 3.05) is 33.2 Å². The number of rotatable bonds is 2. The van der Waals surface area contributed by atoms with Gasteiger partial charge >= 0.3 is 6.03 Å². The Hall–Kier alpha value is -1.30. The van der Waals surface area contributed by atoms with Crippen molar-refractivity contribution in [2.24, 2.45) is 5.73 Å². The Kier molecular flexibility index (Phi) is 3.51. The van der Waals surface area contributed by atoms with Gasteiger partial charge in [0.2, 0.25) is 6.41 Å². The van der Waals surface area contributed by atoms with Crippen LogP contribution in [0.2, 0.25) is 0 Å². The second-order valence-corrected chi connectivity index (χ2v) is 4.94. The fraction of sp³-hybridized carbons (Fsp3) is 0.818. The molecule has 2 rings (SSSR count). The number of carbonyl (C=O) groups excluding carboxylic acids is 2. The van der Waals surface area contributed by atoms with Crippen molar-refractivity contribution < 1.29 is 9.59 Å². The lowest BCUT2D eigenvalue weighted by molar-refractivity contribution is -0.118. The molecule has 0 aliphatic carbocycles. The van der Waals surface area contributed by atoms with Crippen molar-refractivity contribution in [1.29, 1.82) is 0 Å². The summed E-state index contributed by atoms with van der Waals surface area (Å²) in [6, 6.07) is 0.350. The van der Waals surface area contributed by atoms with Gasteiger partial charge in [-0.1, -0.05) is 0 Å². The van der Waals surface area contributed by atoms with Crippen molar-refractivity contribution in [2.45, 2.75) is 24.9 Å². The summed E-state index contributed by atoms with van der Waals surface area (Å²) in [7, 11) is 1.76. The van der Waals surface area contributed by atoms with Crippen LogP contribution in [-0.4, -0.2) is 72.5 Å². The first-order chi connectivity index (χ1) is 8.11. The summed E-state index contributed by atoms with van der Waals surface area (Å²) in [4.78, 5) is 28.1. The topological polar surface area (TPSA) is 69.9 Å². The molecule has 0 spiro atoms. The summed E-state index contributed by atoms with van der Waals surface area (Å²) in [5, 5.41) is 0. The summed E-state index contributed by atoms with van der Waals surface area (Å²) in [6.07, 6.45) is 2.57. The maximum atomic E-state index is 12.1. The third-order valence-electron chi connectivity index (χ3n) is 3.67. The molecule has 0 aromatic heterocycles. The summed E-state index contributed by atoms with van der Waals surface area (Å²) >= 11 is 0. The molecule has 2 atom stereocenters. The Morgan fingerprint density at radius 1 is 1.29 bits per heavy atom. The summed E-state index contributed by atoms with van der Waals surface area (Å²) in [5.41, 5.74) is 5.79. The van der Waals surface area contributed by atoms with Crippen molar-refractivity contribution in [1.82, 2.24) is 14.7 Å². The Labute approximate surface area is 101 Å². The number of hydrogen-bond donors (Lipinski definition) is 1. The molecule has 6 heteroatoms. The summed E-state index contributed by atoms with van der Waals surface area (Å²) in [6.45, 7) is 2.78. The quantitative estimate of drug-likeness (QED) is 0.649. The molecule has 0 saturated carbocycles. The predicted molar refractivity (Wildman–Crippen MR) is 63.4 cm³/mol. The van der Waals surface area contributed by atoms with Gasteiger partial charge < -0.3 is 20.4 Å². The molecule has 0 aromatic carbocycles. The van der Waals surface area contributed by atoms with E-state index in [0.717, 1.165) is 32.3 Å². The predicted octanol–water partition coefficient (Wildman–Crippen LogP) is -0.698. The zero-order chi connectivity index (χ0) is 12.4. The minimum Gasteiger partial charge on any atom is -0.343 e. The molecular weight excluding hydrogens is 220 g/mol. The monoisotopic (exact) mass is 240 g/mol. The molecular formula is C11H20N4O2. The molecule has 0 bridgehead atoms. The van der Waals surface area contributed by atoms with E-state index >= 15 is 0 Å². The molecule has 2 unspecified atom stereocenters. The first kappa shape index (κ1) is 12.2. The Morgan fingerprint density at radius 3 is 2.53 bits per heavy atom. The molecule has 17 heavy (non-hydrogen) atoms. The van der Waals surface area contributed by atoms with Crippen LogP contribution in [0.15, 0.2) is 0 Å². The molecule has 3 amide bonds. The molecule has 2 fully saturated rings. The van der Waals surface area contributed by atoms with E-state index < -0.39 is 0 Å². The van der Waals surface area contributed by atoms with Crippen LogP contribution in [-0.2, 0) is 4.79 Å². The van der Waals surface area contributed by atoms with E-state index in [4.69, 9.17) is 5.73 Å². The molecule has 2 aliphatic heterocycles. The summed E-state index contributed by atoms with van der Waals surface area (Å²) in [5.74, 6) is 0. The highest BCUT2D eigenvalue weighted by Crippen LogP contribution is 2.17. The summed E-state index contributed by atoms with van der Waals surface area (Å²) < 4.78 is 0. The van der Waals surface area contributed by atoms with Crippen molar-refractivity contribution >= 4 is 12.4 Å². The van der Waals surface area contributed by atoms with Gasteiger partial charge in [0.25, 0.3) is 0 Å². The molecule has 0 radical (unpaired) electrons. The van der Waals surface area contributed by atoms with Gasteiger partial charge in [0.15, 0.2) is 0 Å². The van der Waals surface area contributed by atoms with Crippen LogP contribution < -0.4 is 5.73 Å². The van der Waals surface area contributed by atoms with Crippen LogP contribution in [0, 0.1) is 0 Å². The Bertz CT molecular complexity index is 310. The lowest BCUT2D eigenvalue weighted by Gasteiger charge is -2.25. The lowest BCUT2D eigenvalue weighted by atomic mass is 10.2. The van der Waals surface area contributed by atoms with Crippen molar-refractivity contribution in [3.8, 4) is 0 Å². The highest BCUT2D eigenvalue weighted by Gasteiger charge is 2.33.